The van der Waals surface area contributed by atoms with Gasteiger partial charge in [0.25, 0.3) is 5.91 Å². The normalized spacial score (nSPS) is 12.0. The van der Waals surface area contributed by atoms with Crippen LogP contribution in [-0.2, 0) is 17.6 Å². The lowest BCUT2D eigenvalue weighted by Gasteiger charge is -2.01. The zero-order chi connectivity index (χ0) is 17.1. The number of aromatic nitrogens is 1. The fourth-order valence-electron chi connectivity index (χ4n) is 2.76. The first kappa shape index (κ1) is 17.0. The molecular formula is C19H20N2OS2. The molecule has 0 saturated heterocycles. The number of thiazole rings is 1. The van der Waals surface area contributed by atoms with Crippen LogP contribution < -0.4 is 4.80 Å². The van der Waals surface area contributed by atoms with Crippen molar-refractivity contribution in [3.8, 4) is 0 Å². The number of fused-ring (bicyclic) bond motifs is 1. The lowest BCUT2D eigenvalue weighted by atomic mass is 10.1. The molecule has 0 aliphatic heterocycles. The van der Waals surface area contributed by atoms with E-state index in [9.17, 15) is 4.79 Å². The topological polar surface area (TPSA) is 34.4 Å². The first-order valence-electron chi connectivity index (χ1n) is 7.80. The number of aryl methyl sites for hydroxylation is 3. The van der Waals surface area contributed by atoms with E-state index < -0.39 is 0 Å². The Morgan fingerprint density at radius 3 is 2.71 bits per heavy atom. The van der Waals surface area contributed by atoms with Crippen molar-refractivity contribution in [2.24, 2.45) is 12.0 Å². The molecular weight excluding hydrogens is 336 g/mol. The van der Waals surface area contributed by atoms with Gasteiger partial charge in [-0.1, -0.05) is 47.7 Å². The minimum atomic E-state index is -0.0764. The predicted molar refractivity (Wildman–Crippen MR) is 103 cm³/mol. The van der Waals surface area contributed by atoms with E-state index in [1.54, 1.807) is 23.1 Å². The third-order valence-corrected chi connectivity index (χ3v) is 5.86. The highest BCUT2D eigenvalue weighted by molar-refractivity contribution is 7.99. The fraction of sp³-hybridized carbons (Fsp3) is 0.263. The molecule has 24 heavy (non-hydrogen) atoms. The maximum atomic E-state index is 12.2. The van der Waals surface area contributed by atoms with Crippen molar-refractivity contribution < 1.29 is 4.79 Å². The van der Waals surface area contributed by atoms with Crippen molar-refractivity contribution in [2.75, 3.05) is 5.75 Å². The van der Waals surface area contributed by atoms with Crippen LogP contribution in [0.4, 0.5) is 0 Å². The summed E-state index contributed by atoms with van der Waals surface area (Å²) in [5.41, 5.74) is 4.84. The summed E-state index contributed by atoms with van der Waals surface area (Å²) in [7, 11) is 1.98. The summed E-state index contributed by atoms with van der Waals surface area (Å²) in [6.07, 6.45) is 0. The molecule has 0 spiro atoms. The van der Waals surface area contributed by atoms with E-state index >= 15 is 0 Å². The van der Waals surface area contributed by atoms with Gasteiger partial charge in [-0.3, -0.25) is 4.79 Å². The first-order chi connectivity index (χ1) is 11.5. The maximum absolute atomic E-state index is 12.2. The van der Waals surface area contributed by atoms with Crippen LogP contribution in [0.1, 0.15) is 16.7 Å². The Kier molecular flexibility index (Phi) is 5.21. The molecule has 0 fully saturated rings. The van der Waals surface area contributed by atoms with E-state index in [-0.39, 0.29) is 5.91 Å². The second-order valence-corrected chi connectivity index (χ2v) is 7.85. The van der Waals surface area contributed by atoms with E-state index in [2.05, 4.69) is 43.1 Å². The molecule has 1 aromatic heterocycles. The van der Waals surface area contributed by atoms with E-state index in [0.29, 0.717) is 5.75 Å². The Balaban J connectivity index is 1.76. The SMILES string of the molecule is Cc1cc(C)c2c(c1)sc(=NC(=O)CSCc1ccccc1)n2C. The van der Waals surface area contributed by atoms with Crippen LogP contribution in [0, 0.1) is 13.8 Å². The van der Waals surface area contributed by atoms with Crippen molar-refractivity contribution in [2.45, 2.75) is 19.6 Å². The maximum Gasteiger partial charge on any atom is 0.258 e. The zero-order valence-corrected chi connectivity index (χ0v) is 15.7. The molecule has 0 aliphatic rings. The Morgan fingerprint density at radius 2 is 1.96 bits per heavy atom. The minimum absolute atomic E-state index is 0.0764. The third-order valence-electron chi connectivity index (χ3n) is 3.79. The van der Waals surface area contributed by atoms with Crippen LogP contribution >= 0.6 is 23.1 Å². The molecule has 1 amide bonds. The molecule has 0 N–H and O–H groups in total. The molecule has 2 aromatic carbocycles. The number of rotatable bonds is 4. The Morgan fingerprint density at radius 1 is 1.21 bits per heavy atom. The molecule has 0 saturated carbocycles. The number of hydrogen-bond donors (Lipinski definition) is 0. The van der Waals surface area contributed by atoms with Crippen molar-refractivity contribution in [3.63, 3.8) is 0 Å². The summed E-state index contributed by atoms with van der Waals surface area (Å²) >= 11 is 3.18. The number of amides is 1. The molecule has 5 heteroatoms. The predicted octanol–water partition coefficient (Wildman–Crippen LogP) is 4.22. The third kappa shape index (κ3) is 3.79. The van der Waals surface area contributed by atoms with Crippen LogP contribution in [-0.4, -0.2) is 16.2 Å². The van der Waals surface area contributed by atoms with Crippen molar-refractivity contribution in [1.82, 2.24) is 4.57 Å². The van der Waals surface area contributed by atoms with Crippen LogP contribution in [0.15, 0.2) is 47.5 Å². The van der Waals surface area contributed by atoms with E-state index in [0.717, 1.165) is 16.1 Å². The van der Waals surface area contributed by atoms with Crippen LogP contribution in [0.2, 0.25) is 0 Å². The van der Waals surface area contributed by atoms with Gasteiger partial charge in [0.15, 0.2) is 4.80 Å². The van der Waals surface area contributed by atoms with E-state index in [1.807, 2.05) is 29.8 Å². The fourth-order valence-corrected chi connectivity index (χ4v) is 4.74. The number of carbonyl (C=O) groups excluding carboxylic acids is 1. The summed E-state index contributed by atoms with van der Waals surface area (Å²) in [5, 5.41) is 0. The molecule has 1 heterocycles. The molecule has 0 unspecified atom stereocenters. The van der Waals surface area contributed by atoms with Gasteiger partial charge in [0, 0.05) is 12.8 Å². The molecule has 3 rings (SSSR count). The Labute approximate surface area is 150 Å². The van der Waals surface area contributed by atoms with E-state index in [1.165, 1.54) is 21.4 Å². The lowest BCUT2D eigenvalue weighted by Crippen LogP contribution is -2.14. The number of thioether (sulfide) groups is 1. The van der Waals surface area contributed by atoms with Crippen LogP contribution in [0.3, 0.4) is 0 Å². The largest absolute Gasteiger partial charge is 0.319 e. The highest BCUT2D eigenvalue weighted by Gasteiger charge is 2.08. The standard InChI is InChI=1S/C19H20N2OS2/c1-13-9-14(2)18-16(10-13)24-19(21(18)3)20-17(22)12-23-11-15-7-5-4-6-8-15/h4-10H,11-12H2,1-3H3. The molecule has 0 radical (unpaired) electrons. The minimum Gasteiger partial charge on any atom is -0.319 e. The monoisotopic (exact) mass is 356 g/mol. The van der Waals surface area contributed by atoms with Crippen LogP contribution in [0.25, 0.3) is 10.2 Å². The van der Waals surface area contributed by atoms with Gasteiger partial charge in [0.2, 0.25) is 0 Å². The smallest absolute Gasteiger partial charge is 0.258 e. The van der Waals surface area contributed by atoms with Crippen molar-refractivity contribution >= 4 is 39.2 Å². The van der Waals surface area contributed by atoms with Gasteiger partial charge in [0.1, 0.15) is 0 Å². The van der Waals surface area contributed by atoms with E-state index in [4.69, 9.17) is 0 Å². The summed E-state index contributed by atoms with van der Waals surface area (Å²) < 4.78 is 3.20. The average Bonchev–Trinajstić information content (AvgIpc) is 2.84. The Hall–Kier alpha value is -1.85. The number of nitrogens with zero attached hydrogens (tertiary/aromatic N) is 2. The summed E-state index contributed by atoms with van der Waals surface area (Å²) in [6, 6.07) is 14.5. The highest BCUT2D eigenvalue weighted by atomic mass is 32.2. The van der Waals surface area contributed by atoms with Gasteiger partial charge in [-0.2, -0.15) is 4.99 Å². The number of benzene rings is 2. The first-order valence-corrected chi connectivity index (χ1v) is 9.78. The lowest BCUT2D eigenvalue weighted by molar-refractivity contribution is -0.115. The average molecular weight is 357 g/mol. The zero-order valence-electron chi connectivity index (χ0n) is 14.1. The summed E-state index contributed by atoms with van der Waals surface area (Å²) in [5.74, 6) is 1.16. The molecule has 0 bridgehead atoms. The molecule has 0 atom stereocenters. The van der Waals surface area contributed by atoms with Gasteiger partial charge in [-0.05, 0) is 36.6 Å². The Bertz CT molecular complexity index is 939. The van der Waals surface area contributed by atoms with Gasteiger partial charge in [0.05, 0.1) is 16.0 Å². The van der Waals surface area contributed by atoms with Gasteiger partial charge >= 0.3 is 0 Å². The summed E-state index contributed by atoms with van der Waals surface area (Å²) in [4.78, 5) is 17.3. The molecule has 124 valence electrons. The highest BCUT2D eigenvalue weighted by Crippen LogP contribution is 2.22. The van der Waals surface area contributed by atoms with Crippen LogP contribution in [0.5, 0.6) is 0 Å². The molecule has 0 aliphatic carbocycles. The number of hydrogen-bond acceptors (Lipinski definition) is 3. The van der Waals surface area contributed by atoms with Gasteiger partial charge in [-0.15, -0.1) is 11.8 Å². The molecule has 3 nitrogen and oxygen atoms in total. The summed E-state index contributed by atoms with van der Waals surface area (Å²) in [6.45, 7) is 4.19. The number of carbonyl (C=O) groups is 1. The molecule has 3 aromatic rings. The van der Waals surface area contributed by atoms with Crippen molar-refractivity contribution in [3.05, 3.63) is 64.0 Å². The van der Waals surface area contributed by atoms with Crippen molar-refractivity contribution in [1.29, 1.82) is 0 Å². The second-order valence-electron chi connectivity index (χ2n) is 5.86. The van der Waals surface area contributed by atoms with Gasteiger partial charge in [-0.25, -0.2) is 0 Å². The van der Waals surface area contributed by atoms with Gasteiger partial charge < -0.3 is 4.57 Å². The quantitative estimate of drug-likeness (QED) is 0.701. The second kappa shape index (κ2) is 7.36.